The number of anilines is 1. The topological polar surface area (TPSA) is 97.0 Å². The highest BCUT2D eigenvalue weighted by molar-refractivity contribution is 6.10. The van der Waals surface area contributed by atoms with Gasteiger partial charge in [-0.25, -0.2) is 13.6 Å². The first-order chi connectivity index (χ1) is 13.8. The SMILES string of the molecule is C[C@]1(c2cc(F)ccc2F)NC(=O)N(CC(=O)Nc2ccc3c(c2)OCO3)C1=O. The van der Waals surface area contributed by atoms with E-state index < -0.39 is 41.6 Å². The molecule has 0 unspecified atom stereocenters. The summed E-state index contributed by atoms with van der Waals surface area (Å²) < 4.78 is 38.1. The van der Waals surface area contributed by atoms with Crippen molar-refractivity contribution in [3.8, 4) is 11.5 Å². The van der Waals surface area contributed by atoms with E-state index in [2.05, 4.69) is 10.6 Å². The van der Waals surface area contributed by atoms with Crippen molar-refractivity contribution in [3.63, 3.8) is 0 Å². The first-order valence-corrected chi connectivity index (χ1v) is 8.57. The van der Waals surface area contributed by atoms with Gasteiger partial charge in [-0.3, -0.25) is 14.5 Å². The van der Waals surface area contributed by atoms with Gasteiger partial charge in [0.1, 0.15) is 23.7 Å². The van der Waals surface area contributed by atoms with Crippen LogP contribution in [0.15, 0.2) is 36.4 Å². The molecule has 8 nitrogen and oxygen atoms in total. The second-order valence-electron chi connectivity index (χ2n) is 6.69. The minimum atomic E-state index is -1.83. The van der Waals surface area contributed by atoms with Crippen LogP contribution in [0.4, 0.5) is 19.3 Å². The third-order valence-electron chi connectivity index (χ3n) is 4.70. The Labute approximate surface area is 163 Å². The fourth-order valence-electron chi connectivity index (χ4n) is 3.22. The molecule has 1 saturated heterocycles. The van der Waals surface area contributed by atoms with E-state index in [-0.39, 0.29) is 12.4 Å². The van der Waals surface area contributed by atoms with E-state index in [4.69, 9.17) is 9.47 Å². The number of benzene rings is 2. The van der Waals surface area contributed by atoms with Gasteiger partial charge in [-0.05, 0) is 37.3 Å². The average Bonchev–Trinajstić information content (AvgIpc) is 3.22. The summed E-state index contributed by atoms with van der Waals surface area (Å²) in [5.74, 6) is -2.15. The minimum absolute atomic E-state index is 0.0738. The fourth-order valence-corrected chi connectivity index (χ4v) is 3.22. The Kier molecular flexibility index (Phi) is 4.33. The number of nitrogens with zero attached hydrogens (tertiary/aromatic N) is 1. The number of rotatable bonds is 4. The molecule has 150 valence electrons. The summed E-state index contributed by atoms with van der Waals surface area (Å²) in [4.78, 5) is 38.0. The summed E-state index contributed by atoms with van der Waals surface area (Å²) in [6.07, 6.45) is 0. The Morgan fingerprint density at radius 1 is 1.17 bits per heavy atom. The second kappa shape index (κ2) is 6.73. The van der Waals surface area contributed by atoms with Crippen LogP contribution >= 0.6 is 0 Å². The Hall–Kier alpha value is -3.69. The zero-order valence-corrected chi connectivity index (χ0v) is 15.1. The molecule has 0 bridgehead atoms. The van der Waals surface area contributed by atoms with Crippen molar-refractivity contribution in [2.45, 2.75) is 12.5 Å². The van der Waals surface area contributed by atoms with Crippen LogP contribution in [0.3, 0.4) is 0 Å². The molecule has 2 heterocycles. The van der Waals surface area contributed by atoms with Crippen molar-refractivity contribution >= 4 is 23.5 Å². The third kappa shape index (κ3) is 3.22. The monoisotopic (exact) mass is 403 g/mol. The lowest BCUT2D eigenvalue weighted by molar-refractivity contribution is -0.133. The van der Waals surface area contributed by atoms with E-state index in [0.29, 0.717) is 22.1 Å². The zero-order valence-electron chi connectivity index (χ0n) is 15.1. The molecule has 0 aromatic heterocycles. The molecule has 2 aliphatic heterocycles. The van der Waals surface area contributed by atoms with Crippen LogP contribution in [0.5, 0.6) is 11.5 Å². The van der Waals surface area contributed by atoms with Gasteiger partial charge in [0.15, 0.2) is 11.5 Å². The second-order valence-corrected chi connectivity index (χ2v) is 6.69. The van der Waals surface area contributed by atoms with Crippen molar-refractivity contribution < 1.29 is 32.6 Å². The van der Waals surface area contributed by atoms with E-state index >= 15 is 0 Å². The molecule has 0 radical (unpaired) electrons. The normalized spacial score (nSPS) is 20.0. The van der Waals surface area contributed by atoms with Crippen LogP contribution in [0.2, 0.25) is 0 Å². The number of fused-ring (bicyclic) bond motifs is 1. The fraction of sp³-hybridized carbons (Fsp3) is 0.211. The number of hydrogen-bond donors (Lipinski definition) is 2. The van der Waals surface area contributed by atoms with Crippen LogP contribution in [0.25, 0.3) is 0 Å². The van der Waals surface area contributed by atoms with Crippen molar-refractivity contribution in [1.82, 2.24) is 10.2 Å². The number of ether oxygens (including phenoxy) is 2. The largest absolute Gasteiger partial charge is 0.454 e. The van der Waals surface area contributed by atoms with Gasteiger partial charge in [-0.1, -0.05) is 0 Å². The summed E-state index contributed by atoms with van der Waals surface area (Å²) in [5.41, 5.74) is -1.78. The number of nitrogens with one attached hydrogen (secondary N) is 2. The lowest BCUT2D eigenvalue weighted by atomic mass is 9.91. The Balaban J connectivity index is 1.50. The first kappa shape index (κ1) is 18.7. The molecular weight excluding hydrogens is 388 g/mol. The molecule has 29 heavy (non-hydrogen) atoms. The van der Waals surface area contributed by atoms with E-state index in [1.807, 2.05) is 0 Å². The van der Waals surface area contributed by atoms with E-state index in [1.54, 1.807) is 18.2 Å². The van der Waals surface area contributed by atoms with Gasteiger partial charge in [0.25, 0.3) is 5.91 Å². The number of hydrogen-bond acceptors (Lipinski definition) is 5. The average molecular weight is 403 g/mol. The maximum Gasteiger partial charge on any atom is 0.325 e. The number of imide groups is 1. The van der Waals surface area contributed by atoms with Gasteiger partial charge >= 0.3 is 6.03 Å². The number of halogens is 2. The predicted octanol–water partition coefficient (Wildman–Crippen LogP) is 2.10. The van der Waals surface area contributed by atoms with Gasteiger partial charge < -0.3 is 20.1 Å². The predicted molar refractivity (Wildman–Crippen MR) is 95.1 cm³/mol. The molecule has 4 rings (SSSR count). The Morgan fingerprint density at radius 3 is 2.72 bits per heavy atom. The highest BCUT2D eigenvalue weighted by atomic mass is 19.1. The molecule has 2 N–H and O–H groups in total. The molecule has 2 aromatic carbocycles. The summed E-state index contributed by atoms with van der Waals surface area (Å²) >= 11 is 0. The number of carbonyl (C=O) groups excluding carboxylic acids is 3. The van der Waals surface area contributed by atoms with Crippen molar-refractivity contribution in [2.75, 3.05) is 18.7 Å². The Bertz CT molecular complexity index is 1040. The highest BCUT2D eigenvalue weighted by Crippen LogP contribution is 2.34. The summed E-state index contributed by atoms with van der Waals surface area (Å²) in [6, 6.07) is 6.44. The summed E-state index contributed by atoms with van der Waals surface area (Å²) in [5, 5.41) is 4.88. The molecule has 0 saturated carbocycles. The van der Waals surface area contributed by atoms with Gasteiger partial charge in [-0.2, -0.15) is 0 Å². The lowest BCUT2D eigenvalue weighted by Crippen LogP contribution is -2.42. The van der Waals surface area contributed by atoms with Crippen LogP contribution in [0, 0.1) is 11.6 Å². The quantitative estimate of drug-likeness (QED) is 0.763. The first-order valence-electron chi connectivity index (χ1n) is 8.57. The smallest absolute Gasteiger partial charge is 0.325 e. The maximum absolute atomic E-state index is 14.2. The van der Waals surface area contributed by atoms with Gasteiger partial charge in [0.05, 0.1) is 0 Å². The summed E-state index contributed by atoms with van der Waals surface area (Å²) in [7, 11) is 0. The minimum Gasteiger partial charge on any atom is -0.454 e. The molecule has 0 spiro atoms. The van der Waals surface area contributed by atoms with Crippen LogP contribution < -0.4 is 20.1 Å². The van der Waals surface area contributed by atoms with E-state index in [9.17, 15) is 23.2 Å². The van der Waals surface area contributed by atoms with Gasteiger partial charge in [0, 0.05) is 17.3 Å². The standard InChI is InChI=1S/C19H15F2N3O5/c1-19(12-6-10(20)2-4-13(12)21)17(26)24(18(27)23-19)8-16(25)22-11-3-5-14-15(7-11)29-9-28-14/h2-7H,8-9H2,1H3,(H,22,25)(H,23,27)/t19-/m1/s1. The Morgan fingerprint density at radius 2 is 1.93 bits per heavy atom. The van der Waals surface area contributed by atoms with Crippen molar-refractivity contribution in [2.24, 2.45) is 0 Å². The molecule has 2 aromatic rings. The number of carbonyl (C=O) groups is 3. The molecule has 1 fully saturated rings. The molecule has 2 aliphatic rings. The van der Waals surface area contributed by atoms with Crippen molar-refractivity contribution in [1.29, 1.82) is 0 Å². The van der Waals surface area contributed by atoms with Crippen LogP contribution in [0.1, 0.15) is 12.5 Å². The lowest BCUT2D eigenvalue weighted by Gasteiger charge is -2.22. The molecule has 0 aliphatic carbocycles. The molecular formula is C19H15F2N3O5. The highest BCUT2D eigenvalue weighted by Gasteiger charge is 2.50. The summed E-state index contributed by atoms with van der Waals surface area (Å²) in [6.45, 7) is 0.719. The number of amides is 4. The molecule has 1 atom stereocenters. The van der Waals surface area contributed by atoms with E-state index in [0.717, 1.165) is 18.2 Å². The van der Waals surface area contributed by atoms with E-state index in [1.165, 1.54) is 6.92 Å². The molecule has 4 amide bonds. The third-order valence-corrected chi connectivity index (χ3v) is 4.70. The van der Waals surface area contributed by atoms with Crippen LogP contribution in [-0.4, -0.2) is 36.1 Å². The zero-order chi connectivity index (χ0) is 20.8. The van der Waals surface area contributed by atoms with Crippen molar-refractivity contribution in [3.05, 3.63) is 53.6 Å². The number of urea groups is 1. The van der Waals surface area contributed by atoms with Gasteiger partial charge in [-0.15, -0.1) is 0 Å². The van der Waals surface area contributed by atoms with Gasteiger partial charge in [0.2, 0.25) is 12.7 Å². The molecule has 10 heteroatoms. The van der Waals surface area contributed by atoms with Crippen LogP contribution in [-0.2, 0) is 15.1 Å². The maximum atomic E-state index is 14.2.